The first-order valence-electron chi connectivity index (χ1n) is 6.42. The topological polar surface area (TPSA) is 15.3 Å². The van der Waals surface area contributed by atoms with Crippen LogP contribution >= 0.6 is 11.6 Å². The molecule has 1 aliphatic heterocycles. The van der Waals surface area contributed by atoms with Gasteiger partial charge >= 0.3 is 0 Å². The number of likely N-dealkylation sites (N-methyl/N-ethyl adjacent to an activating group) is 1. The van der Waals surface area contributed by atoms with Crippen molar-refractivity contribution >= 4 is 11.6 Å². The third kappa shape index (κ3) is 3.70. The van der Waals surface area contributed by atoms with Crippen molar-refractivity contribution in [2.75, 3.05) is 33.2 Å². The maximum atomic E-state index is 5.92. The molecular formula is C14H21ClN2. The molecule has 0 unspecified atom stereocenters. The first-order valence-corrected chi connectivity index (χ1v) is 6.80. The number of hydrogen-bond donors (Lipinski definition) is 1. The van der Waals surface area contributed by atoms with Gasteiger partial charge < -0.3 is 10.2 Å². The standard InChI is InChI=1S/C14H21ClN2/c1-16-8-11-17-9-6-13(7-10-17)12-2-4-14(15)5-3-12/h2-5,13,16H,6-11H2,1H3. The van der Waals surface area contributed by atoms with Crippen LogP contribution in [0.1, 0.15) is 24.3 Å². The quantitative estimate of drug-likeness (QED) is 0.887. The van der Waals surface area contributed by atoms with Gasteiger partial charge in [-0.25, -0.2) is 0 Å². The van der Waals surface area contributed by atoms with E-state index in [0.717, 1.165) is 17.5 Å². The fraction of sp³-hybridized carbons (Fsp3) is 0.571. The van der Waals surface area contributed by atoms with E-state index < -0.39 is 0 Å². The van der Waals surface area contributed by atoms with Crippen molar-refractivity contribution in [3.63, 3.8) is 0 Å². The number of likely N-dealkylation sites (tertiary alicyclic amines) is 1. The van der Waals surface area contributed by atoms with Crippen molar-refractivity contribution in [2.45, 2.75) is 18.8 Å². The number of nitrogens with one attached hydrogen (secondary N) is 1. The third-order valence-electron chi connectivity index (χ3n) is 3.61. The molecule has 1 N–H and O–H groups in total. The molecule has 0 aliphatic carbocycles. The Labute approximate surface area is 109 Å². The van der Waals surface area contributed by atoms with Crippen LogP contribution in [-0.2, 0) is 0 Å². The van der Waals surface area contributed by atoms with Gasteiger partial charge in [-0.15, -0.1) is 0 Å². The van der Waals surface area contributed by atoms with E-state index in [1.807, 2.05) is 19.2 Å². The monoisotopic (exact) mass is 252 g/mol. The number of piperidine rings is 1. The van der Waals surface area contributed by atoms with Gasteiger partial charge in [0.05, 0.1) is 0 Å². The van der Waals surface area contributed by atoms with Crippen molar-refractivity contribution in [2.24, 2.45) is 0 Å². The summed E-state index contributed by atoms with van der Waals surface area (Å²) < 4.78 is 0. The second-order valence-electron chi connectivity index (χ2n) is 4.77. The predicted octanol–water partition coefficient (Wildman–Crippen LogP) is 2.74. The summed E-state index contributed by atoms with van der Waals surface area (Å²) in [5.74, 6) is 0.720. The van der Waals surface area contributed by atoms with E-state index >= 15 is 0 Å². The molecule has 0 bridgehead atoms. The van der Waals surface area contributed by atoms with Gasteiger partial charge in [0.25, 0.3) is 0 Å². The molecule has 1 heterocycles. The zero-order chi connectivity index (χ0) is 12.1. The maximum absolute atomic E-state index is 5.92. The molecule has 1 aromatic rings. The molecule has 2 nitrogen and oxygen atoms in total. The first kappa shape index (κ1) is 12.9. The fourth-order valence-electron chi connectivity index (χ4n) is 2.49. The predicted molar refractivity (Wildman–Crippen MR) is 73.8 cm³/mol. The zero-order valence-corrected chi connectivity index (χ0v) is 11.2. The summed E-state index contributed by atoms with van der Waals surface area (Å²) in [5.41, 5.74) is 1.45. The molecule has 3 heteroatoms. The lowest BCUT2D eigenvalue weighted by Gasteiger charge is -2.32. The zero-order valence-electron chi connectivity index (χ0n) is 10.5. The Morgan fingerprint density at radius 2 is 1.88 bits per heavy atom. The van der Waals surface area contributed by atoms with Crippen LogP contribution in [0.5, 0.6) is 0 Å². The van der Waals surface area contributed by atoms with Gasteiger partial charge in [-0.05, 0) is 56.6 Å². The van der Waals surface area contributed by atoms with Gasteiger partial charge in [0, 0.05) is 18.1 Å². The average molecular weight is 253 g/mol. The summed E-state index contributed by atoms with van der Waals surface area (Å²) in [7, 11) is 2.01. The minimum atomic E-state index is 0.720. The molecule has 94 valence electrons. The van der Waals surface area contributed by atoms with Crippen molar-refractivity contribution in [3.8, 4) is 0 Å². The number of rotatable bonds is 4. The fourth-order valence-corrected chi connectivity index (χ4v) is 2.62. The van der Waals surface area contributed by atoms with Gasteiger partial charge in [-0.2, -0.15) is 0 Å². The molecule has 2 rings (SSSR count). The van der Waals surface area contributed by atoms with Gasteiger partial charge in [-0.1, -0.05) is 23.7 Å². The molecule has 17 heavy (non-hydrogen) atoms. The molecule has 1 saturated heterocycles. The minimum Gasteiger partial charge on any atom is -0.318 e. The summed E-state index contributed by atoms with van der Waals surface area (Å²) in [6.07, 6.45) is 2.54. The lowest BCUT2D eigenvalue weighted by Crippen LogP contribution is -2.37. The van der Waals surface area contributed by atoms with Crippen LogP contribution in [0.4, 0.5) is 0 Å². The Balaban J connectivity index is 1.84. The Kier molecular flexibility index (Phi) is 4.84. The van der Waals surface area contributed by atoms with E-state index in [9.17, 15) is 0 Å². The number of hydrogen-bond acceptors (Lipinski definition) is 2. The number of benzene rings is 1. The summed E-state index contributed by atoms with van der Waals surface area (Å²) in [6.45, 7) is 4.69. The van der Waals surface area contributed by atoms with E-state index in [-0.39, 0.29) is 0 Å². The van der Waals surface area contributed by atoms with Crippen molar-refractivity contribution in [1.29, 1.82) is 0 Å². The van der Waals surface area contributed by atoms with Crippen LogP contribution in [0.25, 0.3) is 0 Å². The number of halogens is 1. The second-order valence-corrected chi connectivity index (χ2v) is 5.21. The van der Waals surface area contributed by atoms with Crippen LogP contribution < -0.4 is 5.32 Å². The first-order chi connectivity index (χ1) is 8.29. The lowest BCUT2D eigenvalue weighted by molar-refractivity contribution is 0.214. The van der Waals surface area contributed by atoms with Crippen LogP contribution in [0.2, 0.25) is 5.02 Å². The van der Waals surface area contributed by atoms with E-state index in [2.05, 4.69) is 22.3 Å². The highest BCUT2D eigenvalue weighted by atomic mass is 35.5. The Morgan fingerprint density at radius 3 is 2.47 bits per heavy atom. The van der Waals surface area contributed by atoms with Crippen molar-refractivity contribution in [1.82, 2.24) is 10.2 Å². The van der Waals surface area contributed by atoms with E-state index in [0.29, 0.717) is 0 Å². The summed E-state index contributed by atoms with van der Waals surface area (Å²) >= 11 is 5.92. The highest BCUT2D eigenvalue weighted by Crippen LogP contribution is 2.28. The maximum Gasteiger partial charge on any atom is 0.0406 e. The molecule has 1 aliphatic rings. The molecule has 1 fully saturated rings. The molecule has 0 spiro atoms. The van der Waals surface area contributed by atoms with Crippen molar-refractivity contribution in [3.05, 3.63) is 34.9 Å². The van der Waals surface area contributed by atoms with E-state index in [4.69, 9.17) is 11.6 Å². The Hall–Kier alpha value is -0.570. The van der Waals surface area contributed by atoms with E-state index in [1.165, 1.54) is 38.0 Å². The van der Waals surface area contributed by atoms with Crippen LogP contribution in [-0.4, -0.2) is 38.1 Å². The van der Waals surface area contributed by atoms with E-state index in [1.54, 1.807) is 0 Å². The third-order valence-corrected chi connectivity index (χ3v) is 3.86. The van der Waals surface area contributed by atoms with Crippen LogP contribution in [0.15, 0.2) is 24.3 Å². The second kappa shape index (κ2) is 6.39. The molecule has 1 aromatic carbocycles. The smallest absolute Gasteiger partial charge is 0.0406 e. The molecule has 0 aromatic heterocycles. The lowest BCUT2D eigenvalue weighted by atomic mass is 9.89. The summed E-state index contributed by atoms with van der Waals surface area (Å²) in [6, 6.07) is 8.36. The van der Waals surface area contributed by atoms with Crippen LogP contribution in [0.3, 0.4) is 0 Å². The highest BCUT2D eigenvalue weighted by molar-refractivity contribution is 6.30. The minimum absolute atomic E-state index is 0.720. The van der Waals surface area contributed by atoms with Gasteiger partial charge in [0.2, 0.25) is 0 Å². The van der Waals surface area contributed by atoms with Gasteiger partial charge in [0.15, 0.2) is 0 Å². The van der Waals surface area contributed by atoms with Crippen LogP contribution in [0, 0.1) is 0 Å². The normalized spacial score (nSPS) is 18.5. The van der Waals surface area contributed by atoms with Gasteiger partial charge in [-0.3, -0.25) is 0 Å². The summed E-state index contributed by atoms with van der Waals surface area (Å²) in [5, 5.41) is 4.04. The Bertz CT molecular complexity index is 329. The Morgan fingerprint density at radius 1 is 1.24 bits per heavy atom. The van der Waals surface area contributed by atoms with Crippen molar-refractivity contribution < 1.29 is 0 Å². The molecule has 0 radical (unpaired) electrons. The molecule has 0 saturated carbocycles. The highest BCUT2D eigenvalue weighted by Gasteiger charge is 2.19. The molecule has 0 atom stereocenters. The number of nitrogens with zero attached hydrogens (tertiary/aromatic N) is 1. The largest absolute Gasteiger partial charge is 0.318 e. The molecular weight excluding hydrogens is 232 g/mol. The SMILES string of the molecule is CNCCN1CCC(c2ccc(Cl)cc2)CC1. The average Bonchev–Trinajstić information content (AvgIpc) is 2.38. The summed E-state index contributed by atoms with van der Waals surface area (Å²) in [4.78, 5) is 2.54. The molecule has 0 amide bonds. The van der Waals surface area contributed by atoms with Gasteiger partial charge in [0.1, 0.15) is 0 Å².